The summed E-state index contributed by atoms with van der Waals surface area (Å²) >= 11 is 0. The topological polar surface area (TPSA) is 78.8 Å². The number of carboxylic acid groups (broad SMARTS) is 1. The van der Waals surface area contributed by atoms with Crippen molar-refractivity contribution in [2.45, 2.75) is 64.7 Å². The van der Waals surface area contributed by atoms with Crippen molar-refractivity contribution in [2.75, 3.05) is 13.2 Å². The molecule has 2 atom stereocenters. The molecule has 4 rings (SSSR count). The van der Waals surface area contributed by atoms with Crippen molar-refractivity contribution in [2.24, 2.45) is 5.92 Å². The van der Waals surface area contributed by atoms with Gasteiger partial charge in [0.15, 0.2) is 0 Å². The minimum atomic E-state index is -0.932. The maximum Gasteiger partial charge on any atom is 0.335 e. The Hall–Kier alpha value is -3.06. The molecule has 0 bridgehead atoms. The Morgan fingerprint density at radius 3 is 2.47 bits per heavy atom. The first-order valence-corrected chi connectivity index (χ1v) is 13.3. The predicted octanol–water partition coefficient (Wildman–Crippen LogP) is 6.25. The van der Waals surface area contributed by atoms with Crippen LogP contribution >= 0.6 is 0 Å². The number of aliphatic hydroxyl groups excluding tert-OH is 1. The highest BCUT2D eigenvalue weighted by Crippen LogP contribution is 2.46. The van der Waals surface area contributed by atoms with Crippen LogP contribution in [0.15, 0.2) is 60.7 Å². The number of aromatic carboxylic acids is 1. The smallest absolute Gasteiger partial charge is 0.335 e. The Kier molecular flexibility index (Phi) is 8.66. The molecule has 0 aromatic heterocycles. The molecule has 0 spiro atoms. The summed E-state index contributed by atoms with van der Waals surface area (Å²) in [7, 11) is 0. The van der Waals surface area contributed by atoms with Crippen molar-refractivity contribution in [3.8, 4) is 11.1 Å². The number of β-amino-alcohol motifs (C(OH)–C–C–N with tert-alkyl or cyclic N) is 1. The second-order valence-electron chi connectivity index (χ2n) is 11.2. The second kappa shape index (κ2) is 11.8. The lowest BCUT2D eigenvalue weighted by Gasteiger charge is -2.29. The van der Waals surface area contributed by atoms with E-state index in [0.29, 0.717) is 35.6 Å². The van der Waals surface area contributed by atoms with Crippen molar-refractivity contribution < 1.29 is 24.1 Å². The minimum absolute atomic E-state index is 0.149. The number of halogens is 1. The SMILES string of the molecule is Cc1ccc(CC(C)(C)NC[C@@H](O)CO[C@@H](c2ccccc2-c2ccc(C(=O)O)c(C)c2)C2CC2)cc1F. The van der Waals surface area contributed by atoms with Crippen LogP contribution in [0.4, 0.5) is 4.39 Å². The third kappa shape index (κ3) is 7.07. The number of benzene rings is 3. The van der Waals surface area contributed by atoms with E-state index in [4.69, 9.17) is 4.74 Å². The van der Waals surface area contributed by atoms with Gasteiger partial charge in [-0.1, -0.05) is 48.5 Å². The van der Waals surface area contributed by atoms with E-state index in [0.717, 1.165) is 35.1 Å². The second-order valence-corrected chi connectivity index (χ2v) is 11.2. The fourth-order valence-electron chi connectivity index (χ4n) is 4.94. The number of ether oxygens (including phenoxy) is 1. The van der Waals surface area contributed by atoms with Crippen LogP contribution in [0.5, 0.6) is 0 Å². The highest BCUT2D eigenvalue weighted by atomic mass is 19.1. The monoisotopic (exact) mass is 519 g/mol. The molecule has 0 heterocycles. The lowest BCUT2D eigenvalue weighted by Crippen LogP contribution is -2.46. The lowest BCUT2D eigenvalue weighted by atomic mass is 9.92. The van der Waals surface area contributed by atoms with Gasteiger partial charge in [0.1, 0.15) is 5.82 Å². The number of aliphatic hydroxyl groups is 1. The average molecular weight is 520 g/mol. The Labute approximate surface area is 224 Å². The van der Waals surface area contributed by atoms with Gasteiger partial charge in [0.25, 0.3) is 0 Å². The summed E-state index contributed by atoms with van der Waals surface area (Å²) in [5.41, 5.74) is 5.25. The van der Waals surface area contributed by atoms with Crippen LogP contribution in [0.3, 0.4) is 0 Å². The van der Waals surface area contributed by atoms with Gasteiger partial charge in [-0.2, -0.15) is 0 Å². The molecular formula is C32H38FNO4. The lowest BCUT2D eigenvalue weighted by molar-refractivity contribution is -0.0209. The van der Waals surface area contributed by atoms with E-state index in [-0.39, 0.29) is 24.1 Å². The quantitative estimate of drug-likeness (QED) is 0.264. The third-order valence-corrected chi connectivity index (χ3v) is 7.25. The van der Waals surface area contributed by atoms with Crippen LogP contribution in [0, 0.1) is 25.6 Å². The number of hydrogen-bond acceptors (Lipinski definition) is 4. The van der Waals surface area contributed by atoms with Gasteiger partial charge in [0, 0.05) is 12.1 Å². The molecule has 0 radical (unpaired) electrons. The molecule has 38 heavy (non-hydrogen) atoms. The number of aryl methyl sites for hydroxylation is 2. The Morgan fingerprint density at radius 1 is 1.08 bits per heavy atom. The molecule has 3 aromatic carbocycles. The molecule has 1 aliphatic rings. The zero-order valence-electron chi connectivity index (χ0n) is 22.6. The van der Waals surface area contributed by atoms with E-state index < -0.39 is 12.1 Å². The molecular weight excluding hydrogens is 481 g/mol. The number of rotatable bonds is 12. The van der Waals surface area contributed by atoms with Crippen molar-refractivity contribution in [1.82, 2.24) is 5.32 Å². The van der Waals surface area contributed by atoms with E-state index >= 15 is 0 Å². The van der Waals surface area contributed by atoms with Crippen molar-refractivity contribution in [3.63, 3.8) is 0 Å². The fourth-order valence-corrected chi connectivity index (χ4v) is 4.94. The largest absolute Gasteiger partial charge is 0.478 e. The van der Waals surface area contributed by atoms with Crippen molar-refractivity contribution in [1.29, 1.82) is 0 Å². The van der Waals surface area contributed by atoms with E-state index in [1.54, 1.807) is 25.1 Å². The summed E-state index contributed by atoms with van der Waals surface area (Å²) in [6.45, 7) is 8.19. The first kappa shape index (κ1) is 28.0. The van der Waals surface area contributed by atoms with Crippen molar-refractivity contribution >= 4 is 5.97 Å². The maximum atomic E-state index is 14.0. The molecule has 1 saturated carbocycles. The molecule has 0 saturated heterocycles. The van der Waals surface area contributed by atoms with Crippen LogP contribution in [0.2, 0.25) is 0 Å². The van der Waals surface area contributed by atoms with Gasteiger partial charge in [-0.3, -0.25) is 0 Å². The number of nitrogens with one attached hydrogen (secondary N) is 1. The summed E-state index contributed by atoms with van der Waals surface area (Å²) in [6.07, 6.45) is 1.93. The molecule has 3 aromatic rings. The minimum Gasteiger partial charge on any atom is -0.478 e. The van der Waals surface area contributed by atoms with Gasteiger partial charge in [-0.15, -0.1) is 0 Å². The molecule has 0 unspecified atom stereocenters. The zero-order chi connectivity index (χ0) is 27.4. The predicted molar refractivity (Wildman–Crippen MR) is 148 cm³/mol. The molecule has 5 nitrogen and oxygen atoms in total. The Morgan fingerprint density at radius 2 is 1.82 bits per heavy atom. The molecule has 1 aliphatic carbocycles. The number of carboxylic acids is 1. The van der Waals surface area contributed by atoms with Crippen molar-refractivity contribution in [3.05, 3.63) is 94.3 Å². The number of hydrogen-bond donors (Lipinski definition) is 3. The van der Waals surface area contributed by atoms with E-state index in [1.807, 2.05) is 57.2 Å². The van der Waals surface area contributed by atoms with Gasteiger partial charge in [-0.05, 0) is 98.4 Å². The van der Waals surface area contributed by atoms with Gasteiger partial charge in [-0.25, -0.2) is 9.18 Å². The Bertz CT molecular complexity index is 1280. The normalized spacial score (nSPS) is 15.3. The highest BCUT2D eigenvalue weighted by Gasteiger charge is 2.35. The number of carbonyl (C=O) groups is 1. The van der Waals surface area contributed by atoms with E-state index in [2.05, 4.69) is 11.4 Å². The van der Waals surface area contributed by atoms with Crippen LogP contribution in [-0.4, -0.2) is 41.0 Å². The average Bonchev–Trinajstić information content (AvgIpc) is 3.70. The van der Waals surface area contributed by atoms with Crippen LogP contribution in [-0.2, 0) is 11.2 Å². The third-order valence-electron chi connectivity index (χ3n) is 7.25. The van der Waals surface area contributed by atoms with Gasteiger partial charge < -0.3 is 20.3 Å². The summed E-state index contributed by atoms with van der Waals surface area (Å²) < 4.78 is 20.3. The molecule has 202 valence electrons. The first-order valence-electron chi connectivity index (χ1n) is 13.3. The van der Waals surface area contributed by atoms with Crippen LogP contribution in [0.25, 0.3) is 11.1 Å². The van der Waals surface area contributed by atoms with Gasteiger partial charge in [0.2, 0.25) is 0 Å². The fraction of sp³-hybridized carbons (Fsp3) is 0.406. The maximum absolute atomic E-state index is 14.0. The zero-order valence-corrected chi connectivity index (χ0v) is 22.6. The standard InChI is InChI=1S/C32H38FNO4/c1-20-9-10-22(16-29(20)33)17-32(3,4)34-18-25(35)19-38-30(23-11-12-23)28-8-6-5-7-27(28)24-13-14-26(31(36)37)21(2)15-24/h5-10,13-16,23,25,30,34-35H,11-12,17-19H2,1-4H3,(H,36,37)/t25-,30-/m1/s1. The summed E-state index contributed by atoms with van der Waals surface area (Å²) in [6, 6.07) is 18.8. The van der Waals surface area contributed by atoms with Gasteiger partial charge >= 0.3 is 5.97 Å². The van der Waals surface area contributed by atoms with E-state index in [9.17, 15) is 19.4 Å². The van der Waals surface area contributed by atoms with Gasteiger partial charge in [0.05, 0.1) is 24.4 Å². The van der Waals surface area contributed by atoms with Crippen LogP contribution in [0.1, 0.15) is 65.4 Å². The summed E-state index contributed by atoms with van der Waals surface area (Å²) in [5.74, 6) is -0.743. The highest BCUT2D eigenvalue weighted by molar-refractivity contribution is 5.90. The van der Waals surface area contributed by atoms with E-state index in [1.165, 1.54) is 0 Å². The summed E-state index contributed by atoms with van der Waals surface area (Å²) in [5, 5.41) is 23.6. The first-order chi connectivity index (χ1) is 18.0. The molecule has 6 heteroatoms. The summed E-state index contributed by atoms with van der Waals surface area (Å²) in [4.78, 5) is 11.5. The molecule has 1 fully saturated rings. The van der Waals surface area contributed by atoms with Crippen LogP contribution < -0.4 is 5.32 Å². The Balaban J connectivity index is 1.40. The molecule has 0 amide bonds. The molecule has 3 N–H and O–H groups in total. The molecule has 0 aliphatic heterocycles.